The van der Waals surface area contributed by atoms with Gasteiger partial charge < -0.3 is 0 Å². The largest absolute Gasteiger partial charge is 0.203 e. The highest BCUT2D eigenvalue weighted by molar-refractivity contribution is 6.65. The number of benzene rings is 1. The summed E-state index contributed by atoms with van der Waals surface area (Å²) in [4.78, 5) is 0. The number of allylic oxidation sites excluding steroid dienone is 6. The molecule has 1 aliphatic rings. The Balaban J connectivity index is 2.63. The molecule has 6 heteroatoms. The van der Waals surface area contributed by atoms with Crippen molar-refractivity contribution in [3.8, 4) is 0 Å². The Morgan fingerprint density at radius 3 is 1.75 bits per heavy atom. The summed E-state index contributed by atoms with van der Waals surface area (Å²) in [5.74, 6) is -8.10. The van der Waals surface area contributed by atoms with Gasteiger partial charge in [-0.05, 0) is 0 Å². The van der Waals surface area contributed by atoms with Crippen LogP contribution in [0.25, 0.3) is 5.47 Å². The van der Waals surface area contributed by atoms with Crippen molar-refractivity contribution in [1.82, 2.24) is 0 Å². The molecule has 20 heavy (non-hydrogen) atoms. The summed E-state index contributed by atoms with van der Waals surface area (Å²) >= 11 is 0. The summed E-state index contributed by atoms with van der Waals surface area (Å²) in [7, 11) is 0.0486. The third-order valence-corrected chi connectivity index (χ3v) is 2.75. The standard InChI is InChI=1S/C14H8BF5/c16-10-9(11(17)13(19)14(20)12(10)18)8-6-4-2-1-3-5-7-15-8/h1-7,15H. The summed E-state index contributed by atoms with van der Waals surface area (Å²) in [6.07, 6.45) is 9.35. The molecular formula is C14H8BF5. The van der Waals surface area contributed by atoms with Gasteiger partial charge in [0.1, 0.15) is 0 Å². The molecule has 0 aliphatic carbocycles. The van der Waals surface area contributed by atoms with Crippen LogP contribution >= 0.6 is 0 Å². The van der Waals surface area contributed by atoms with Crippen LogP contribution in [0.15, 0.2) is 42.4 Å². The first kappa shape index (κ1) is 14.3. The predicted molar refractivity (Wildman–Crippen MR) is 68.8 cm³/mol. The molecule has 0 saturated heterocycles. The van der Waals surface area contributed by atoms with Crippen molar-refractivity contribution in [3.63, 3.8) is 0 Å². The average molecular weight is 282 g/mol. The number of hydrogen-bond acceptors (Lipinski definition) is 0. The van der Waals surface area contributed by atoms with E-state index in [9.17, 15) is 22.0 Å². The second-order valence-corrected chi connectivity index (χ2v) is 4.04. The molecule has 0 unspecified atom stereocenters. The summed E-state index contributed by atoms with van der Waals surface area (Å²) in [5.41, 5.74) is -0.883. The fourth-order valence-corrected chi connectivity index (χ4v) is 1.78. The van der Waals surface area contributed by atoms with Gasteiger partial charge in [-0.3, -0.25) is 0 Å². The van der Waals surface area contributed by atoms with Crippen LogP contribution in [0.5, 0.6) is 0 Å². The van der Waals surface area contributed by atoms with Crippen molar-refractivity contribution in [2.24, 2.45) is 0 Å². The van der Waals surface area contributed by atoms with Crippen molar-refractivity contribution >= 4 is 12.8 Å². The molecule has 2 rings (SSSR count). The quantitative estimate of drug-likeness (QED) is 0.318. The van der Waals surface area contributed by atoms with Crippen LogP contribution in [0, 0.1) is 29.1 Å². The first-order valence-electron chi connectivity index (χ1n) is 5.75. The SMILES string of the molecule is Fc1c(F)c(F)c(C2=CC=CC=CC=CB2)c(F)c1F. The van der Waals surface area contributed by atoms with E-state index in [1.54, 1.807) is 30.3 Å². The van der Waals surface area contributed by atoms with E-state index in [1.807, 2.05) is 0 Å². The molecule has 0 N–H and O–H groups in total. The molecule has 0 nitrogen and oxygen atoms in total. The minimum Gasteiger partial charge on any atom is -0.203 e. The summed E-state index contributed by atoms with van der Waals surface area (Å²) < 4.78 is 66.8. The van der Waals surface area contributed by atoms with Gasteiger partial charge >= 0.3 is 0 Å². The van der Waals surface area contributed by atoms with Crippen LogP contribution in [0.4, 0.5) is 22.0 Å². The van der Waals surface area contributed by atoms with E-state index in [0.29, 0.717) is 0 Å². The van der Waals surface area contributed by atoms with Gasteiger partial charge in [0, 0.05) is 5.56 Å². The van der Waals surface area contributed by atoms with Crippen LogP contribution in [0.2, 0.25) is 0 Å². The Labute approximate surface area is 112 Å². The first-order valence-corrected chi connectivity index (χ1v) is 5.75. The summed E-state index contributed by atoms with van der Waals surface area (Å²) in [6, 6.07) is 0. The van der Waals surface area contributed by atoms with Crippen LogP contribution in [-0.4, -0.2) is 7.28 Å². The molecule has 0 spiro atoms. The Morgan fingerprint density at radius 2 is 1.10 bits per heavy atom. The minimum absolute atomic E-state index is 0.00833. The maximum atomic E-state index is 13.7. The van der Waals surface area contributed by atoms with Crippen LogP contribution < -0.4 is 0 Å². The van der Waals surface area contributed by atoms with Crippen molar-refractivity contribution < 1.29 is 22.0 Å². The van der Waals surface area contributed by atoms with Crippen molar-refractivity contribution in [1.29, 1.82) is 0 Å². The van der Waals surface area contributed by atoms with Gasteiger partial charge in [0.15, 0.2) is 30.5 Å². The van der Waals surface area contributed by atoms with E-state index in [-0.39, 0.29) is 12.8 Å². The maximum absolute atomic E-state index is 13.7. The third kappa shape index (κ3) is 2.59. The fourth-order valence-electron chi connectivity index (χ4n) is 1.78. The topological polar surface area (TPSA) is 0 Å². The third-order valence-electron chi connectivity index (χ3n) is 2.75. The van der Waals surface area contributed by atoms with Crippen molar-refractivity contribution in [2.75, 3.05) is 0 Å². The van der Waals surface area contributed by atoms with Crippen molar-refractivity contribution in [2.45, 2.75) is 0 Å². The minimum atomic E-state index is -2.15. The highest BCUT2D eigenvalue weighted by Crippen LogP contribution is 2.28. The smallest absolute Gasteiger partial charge is 0.200 e. The van der Waals surface area contributed by atoms with Crippen LogP contribution in [0.1, 0.15) is 5.56 Å². The molecule has 1 heterocycles. The molecule has 0 atom stereocenters. The van der Waals surface area contributed by atoms with Gasteiger partial charge in [0.25, 0.3) is 0 Å². The normalized spacial score (nSPS) is 14.3. The van der Waals surface area contributed by atoms with Gasteiger partial charge in [-0.15, -0.1) is 5.98 Å². The highest BCUT2D eigenvalue weighted by Gasteiger charge is 2.27. The number of halogens is 5. The van der Waals surface area contributed by atoms with Gasteiger partial charge in [0.2, 0.25) is 5.82 Å². The molecule has 0 amide bonds. The lowest BCUT2D eigenvalue weighted by Gasteiger charge is -2.10. The monoisotopic (exact) mass is 282 g/mol. The molecule has 0 fully saturated rings. The van der Waals surface area contributed by atoms with Crippen LogP contribution in [-0.2, 0) is 0 Å². The Kier molecular flexibility index (Phi) is 4.22. The van der Waals surface area contributed by atoms with Crippen LogP contribution in [0.3, 0.4) is 0 Å². The predicted octanol–water partition coefficient (Wildman–Crippen LogP) is 3.80. The fraction of sp³-hybridized carbons (Fsp3) is 0. The molecule has 1 aliphatic heterocycles. The molecule has 0 radical (unpaired) electrons. The summed E-state index contributed by atoms with van der Waals surface area (Å²) in [6.45, 7) is 0. The van der Waals surface area contributed by atoms with E-state index in [0.717, 1.165) is 0 Å². The zero-order valence-electron chi connectivity index (χ0n) is 10.1. The zero-order chi connectivity index (χ0) is 14.7. The van der Waals surface area contributed by atoms with Gasteiger partial charge in [-0.2, -0.15) is 0 Å². The van der Waals surface area contributed by atoms with E-state index < -0.39 is 34.6 Å². The molecule has 0 aromatic heterocycles. The average Bonchev–Trinajstić information content (AvgIpc) is 2.57. The molecule has 0 bridgehead atoms. The summed E-state index contributed by atoms with van der Waals surface area (Å²) in [5, 5.41) is 0. The van der Waals surface area contributed by atoms with Gasteiger partial charge in [-0.1, -0.05) is 41.9 Å². The van der Waals surface area contributed by atoms with Gasteiger partial charge in [-0.25, -0.2) is 22.0 Å². The second-order valence-electron chi connectivity index (χ2n) is 4.04. The highest BCUT2D eigenvalue weighted by atomic mass is 19.2. The zero-order valence-corrected chi connectivity index (χ0v) is 10.1. The lowest BCUT2D eigenvalue weighted by atomic mass is 9.66. The van der Waals surface area contributed by atoms with E-state index >= 15 is 0 Å². The molecule has 1 aromatic rings. The Morgan fingerprint density at radius 1 is 0.600 bits per heavy atom. The van der Waals surface area contributed by atoms with Gasteiger partial charge in [0.05, 0.1) is 0 Å². The molecule has 0 saturated carbocycles. The second kappa shape index (κ2) is 5.90. The lowest BCUT2D eigenvalue weighted by molar-refractivity contribution is 0.376. The molecule has 102 valence electrons. The number of hydrogen-bond donors (Lipinski definition) is 0. The molecule has 1 aromatic carbocycles. The molecular weight excluding hydrogens is 274 g/mol. The lowest BCUT2D eigenvalue weighted by Crippen LogP contribution is -2.09. The Hall–Kier alpha value is -2.11. The van der Waals surface area contributed by atoms with E-state index in [2.05, 4.69) is 0 Å². The number of rotatable bonds is 1. The van der Waals surface area contributed by atoms with E-state index in [1.165, 1.54) is 12.2 Å². The Bertz CT molecular complexity index is 627. The maximum Gasteiger partial charge on any atom is 0.200 e. The van der Waals surface area contributed by atoms with E-state index in [4.69, 9.17) is 0 Å². The first-order chi connectivity index (χ1) is 9.54. The van der Waals surface area contributed by atoms with Crippen molar-refractivity contribution in [3.05, 3.63) is 77.1 Å².